The number of hydrogen-bond donors (Lipinski definition) is 1. The van der Waals surface area contributed by atoms with E-state index in [1.807, 2.05) is 51.1 Å². The van der Waals surface area contributed by atoms with Crippen molar-refractivity contribution in [2.24, 2.45) is 5.41 Å². The molecule has 120 valence electrons. The number of aliphatic hydroxyl groups is 1. The first-order valence-corrected chi connectivity index (χ1v) is 7.66. The van der Waals surface area contributed by atoms with Gasteiger partial charge in [-0.1, -0.05) is 52.3 Å². The molecule has 2 atom stereocenters. The van der Waals surface area contributed by atoms with Crippen molar-refractivity contribution >= 4 is 0 Å². The molecule has 0 saturated carbocycles. The summed E-state index contributed by atoms with van der Waals surface area (Å²) in [6.45, 7) is 8.10. The van der Waals surface area contributed by atoms with Crippen LogP contribution in [0.2, 0.25) is 0 Å². The quantitative estimate of drug-likeness (QED) is 0.888. The van der Waals surface area contributed by atoms with Crippen LogP contribution in [0.3, 0.4) is 0 Å². The zero-order valence-corrected chi connectivity index (χ0v) is 13.7. The van der Waals surface area contributed by atoms with Gasteiger partial charge < -0.3 is 9.84 Å². The number of ether oxygens (including phenoxy) is 1. The van der Waals surface area contributed by atoms with E-state index in [0.29, 0.717) is 12.2 Å². The second-order valence-corrected chi connectivity index (χ2v) is 6.58. The fraction of sp³-hybridized carbons (Fsp3) is 0.529. The van der Waals surface area contributed by atoms with Crippen LogP contribution >= 0.6 is 0 Å². The molecule has 0 bridgehead atoms. The molecule has 1 aromatic carbocycles. The maximum Gasteiger partial charge on any atom is 0.222 e. The molecule has 2 rings (SSSR count). The lowest BCUT2D eigenvalue weighted by atomic mass is 9.72. The summed E-state index contributed by atoms with van der Waals surface area (Å²) in [5.74, 6) is 0.696. The van der Waals surface area contributed by atoms with E-state index in [0.717, 1.165) is 6.42 Å². The molecule has 0 saturated heterocycles. The van der Waals surface area contributed by atoms with Crippen LogP contribution in [0, 0.1) is 5.41 Å². The van der Waals surface area contributed by atoms with E-state index in [2.05, 4.69) is 17.0 Å². The van der Waals surface area contributed by atoms with E-state index < -0.39 is 11.8 Å². The maximum absolute atomic E-state index is 11.4. The first-order valence-electron chi connectivity index (χ1n) is 7.66. The number of benzene rings is 1. The van der Waals surface area contributed by atoms with Gasteiger partial charge in [0.1, 0.15) is 24.0 Å². The number of aromatic nitrogens is 3. The molecule has 0 spiro atoms. The van der Waals surface area contributed by atoms with Gasteiger partial charge in [-0.05, 0) is 24.0 Å². The van der Waals surface area contributed by atoms with Gasteiger partial charge in [0.05, 0.1) is 0 Å². The topological polar surface area (TPSA) is 60.2 Å². The standard InChI is InChI=1S/C17H25N3O2/c1-5-11-17(21,16(2,3)4)15(20-13-18-12-19-20)22-14-9-7-6-8-10-14/h6-10,12-13,15,21H,5,11H2,1-4H3. The van der Waals surface area contributed by atoms with E-state index in [1.54, 1.807) is 11.0 Å². The van der Waals surface area contributed by atoms with Crippen molar-refractivity contribution < 1.29 is 9.84 Å². The van der Waals surface area contributed by atoms with Crippen molar-refractivity contribution in [3.63, 3.8) is 0 Å². The largest absolute Gasteiger partial charge is 0.466 e. The minimum absolute atomic E-state index is 0.381. The van der Waals surface area contributed by atoms with Crippen molar-refractivity contribution in [2.75, 3.05) is 0 Å². The summed E-state index contributed by atoms with van der Waals surface area (Å²) in [6, 6.07) is 9.49. The van der Waals surface area contributed by atoms with Crippen molar-refractivity contribution in [1.82, 2.24) is 14.8 Å². The Bertz CT molecular complexity index is 563. The number of rotatable bonds is 6. The van der Waals surface area contributed by atoms with Crippen LogP contribution < -0.4 is 4.74 Å². The summed E-state index contributed by atoms with van der Waals surface area (Å²) >= 11 is 0. The van der Waals surface area contributed by atoms with Gasteiger partial charge >= 0.3 is 0 Å². The molecule has 2 aromatic rings. The predicted octanol–water partition coefficient (Wildman–Crippen LogP) is 3.43. The van der Waals surface area contributed by atoms with Gasteiger partial charge in [0.25, 0.3) is 0 Å². The van der Waals surface area contributed by atoms with Gasteiger partial charge in [-0.2, -0.15) is 5.10 Å². The third-order valence-corrected chi connectivity index (χ3v) is 4.01. The number of para-hydroxylation sites is 1. The summed E-state index contributed by atoms with van der Waals surface area (Å²) in [5.41, 5.74) is -1.46. The zero-order chi connectivity index (χ0) is 16.2. The Labute approximate surface area is 132 Å². The van der Waals surface area contributed by atoms with E-state index in [1.165, 1.54) is 6.33 Å². The molecule has 5 heteroatoms. The zero-order valence-electron chi connectivity index (χ0n) is 13.7. The van der Waals surface area contributed by atoms with E-state index in [-0.39, 0.29) is 5.41 Å². The Morgan fingerprint density at radius 1 is 1.23 bits per heavy atom. The fourth-order valence-electron chi connectivity index (χ4n) is 2.59. The number of hydrogen-bond acceptors (Lipinski definition) is 4. The highest BCUT2D eigenvalue weighted by atomic mass is 16.5. The molecule has 1 aromatic heterocycles. The normalized spacial score (nSPS) is 16.0. The second kappa shape index (κ2) is 6.48. The molecule has 2 unspecified atom stereocenters. The molecule has 0 radical (unpaired) electrons. The lowest BCUT2D eigenvalue weighted by Crippen LogP contribution is -2.52. The Hall–Kier alpha value is -1.88. The monoisotopic (exact) mass is 303 g/mol. The Morgan fingerprint density at radius 3 is 2.41 bits per heavy atom. The van der Waals surface area contributed by atoms with Crippen LogP contribution in [-0.2, 0) is 0 Å². The summed E-state index contributed by atoms with van der Waals surface area (Å²) < 4.78 is 7.70. The highest BCUT2D eigenvalue weighted by molar-refractivity contribution is 5.21. The smallest absolute Gasteiger partial charge is 0.222 e. The average Bonchev–Trinajstić information content (AvgIpc) is 2.98. The van der Waals surface area contributed by atoms with Crippen molar-refractivity contribution in [2.45, 2.75) is 52.4 Å². The van der Waals surface area contributed by atoms with Crippen molar-refractivity contribution in [1.29, 1.82) is 0 Å². The van der Waals surface area contributed by atoms with Gasteiger partial charge in [0.15, 0.2) is 0 Å². The van der Waals surface area contributed by atoms with E-state index >= 15 is 0 Å². The molecule has 0 aliphatic carbocycles. The molecule has 22 heavy (non-hydrogen) atoms. The number of nitrogens with zero attached hydrogens (tertiary/aromatic N) is 3. The first-order chi connectivity index (χ1) is 10.4. The minimum atomic E-state index is -1.08. The average molecular weight is 303 g/mol. The van der Waals surface area contributed by atoms with Crippen LogP contribution in [0.1, 0.15) is 46.8 Å². The van der Waals surface area contributed by atoms with Crippen LogP contribution in [0.5, 0.6) is 5.75 Å². The lowest BCUT2D eigenvalue weighted by Gasteiger charge is -2.45. The first kappa shape index (κ1) is 16.5. The van der Waals surface area contributed by atoms with Crippen molar-refractivity contribution in [3.8, 4) is 5.75 Å². The third kappa shape index (κ3) is 3.30. The molecule has 0 fully saturated rings. The maximum atomic E-state index is 11.4. The molecule has 0 aliphatic rings. The van der Waals surface area contributed by atoms with Gasteiger partial charge in [-0.15, -0.1) is 0 Å². The van der Waals surface area contributed by atoms with Gasteiger partial charge in [-0.25, -0.2) is 9.67 Å². The van der Waals surface area contributed by atoms with Crippen LogP contribution in [-0.4, -0.2) is 25.5 Å². The van der Waals surface area contributed by atoms with Crippen molar-refractivity contribution in [3.05, 3.63) is 43.0 Å². The lowest BCUT2D eigenvalue weighted by molar-refractivity contribution is -0.170. The highest BCUT2D eigenvalue weighted by Crippen LogP contribution is 2.43. The van der Waals surface area contributed by atoms with Crippen LogP contribution in [0.15, 0.2) is 43.0 Å². The van der Waals surface area contributed by atoms with Gasteiger partial charge in [-0.3, -0.25) is 0 Å². The van der Waals surface area contributed by atoms with E-state index in [4.69, 9.17) is 4.74 Å². The molecule has 0 aliphatic heterocycles. The predicted molar refractivity (Wildman–Crippen MR) is 85.4 cm³/mol. The summed E-state index contributed by atoms with van der Waals surface area (Å²) in [5, 5.41) is 15.6. The second-order valence-electron chi connectivity index (χ2n) is 6.58. The molecule has 1 heterocycles. The Morgan fingerprint density at radius 2 is 1.91 bits per heavy atom. The SMILES string of the molecule is CCCC(O)(C(Oc1ccccc1)n1cncn1)C(C)(C)C. The molecule has 0 amide bonds. The summed E-state index contributed by atoms with van der Waals surface area (Å²) in [6.07, 6.45) is 3.85. The summed E-state index contributed by atoms with van der Waals surface area (Å²) in [4.78, 5) is 4.00. The molecule has 1 N–H and O–H groups in total. The minimum Gasteiger partial charge on any atom is -0.466 e. The molecular weight excluding hydrogens is 278 g/mol. The van der Waals surface area contributed by atoms with Gasteiger partial charge in [0, 0.05) is 0 Å². The molecule has 5 nitrogen and oxygen atoms in total. The highest BCUT2D eigenvalue weighted by Gasteiger charge is 2.49. The van der Waals surface area contributed by atoms with Gasteiger partial charge in [0.2, 0.25) is 6.23 Å². The van der Waals surface area contributed by atoms with E-state index in [9.17, 15) is 5.11 Å². The molecular formula is C17H25N3O2. The Kier molecular flexibility index (Phi) is 4.86. The van der Waals surface area contributed by atoms with Crippen LogP contribution in [0.4, 0.5) is 0 Å². The third-order valence-electron chi connectivity index (χ3n) is 4.01. The van der Waals surface area contributed by atoms with Crippen LogP contribution in [0.25, 0.3) is 0 Å². The fourth-order valence-corrected chi connectivity index (χ4v) is 2.59. The Balaban J connectivity index is 2.43. The summed E-state index contributed by atoms with van der Waals surface area (Å²) in [7, 11) is 0.